The van der Waals surface area contributed by atoms with Crippen molar-refractivity contribution in [3.63, 3.8) is 0 Å². The molecule has 3 fully saturated rings. The van der Waals surface area contributed by atoms with Crippen LogP contribution in [0.5, 0.6) is 0 Å². The lowest BCUT2D eigenvalue weighted by molar-refractivity contribution is -0.129. The Kier molecular flexibility index (Phi) is 4.35. The topological polar surface area (TPSA) is 29.1 Å². The Morgan fingerprint density at radius 2 is 1.50 bits per heavy atom. The minimum Gasteiger partial charge on any atom is -0.303 e. The van der Waals surface area contributed by atoms with Crippen molar-refractivity contribution < 1.29 is 4.79 Å². The summed E-state index contributed by atoms with van der Waals surface area (Å²) in [6, 6.07) is 0.0255. The van der Waals surface area contributed by atoms with Crippen molar-refractivity contribution >= 4 is 5.78 Å². The van der Waals surface area contributed by atoms with Crippen LogP contribution in [0.25, 0.3) is 0 Å². The Hall–Kier alpha value is -0.370. The van der Waals surface area contributed by atoms with E-state index in [2.05, 4.69) is 26.1 Å². The van der Waals surface area contributed by atoms with Crippen molar-refractivity contribution in [3.05, 3.63) is 0 Å². The summed E-state index contributed by atoms with van der Waals surface area (Å²) in [7, 11) is 0. The predicted octanol–water partition coefficient (Wildman–Crippen LogP) is 4.18. The summed E-state index contributed by atoms with van der Waals surface area (Å²) in [5, 5.41) is 3.59. The first-order valence-corrected chi connectivity index (χ1v) is 8.36. The van der Waals surface area contributed by atoms with Gasteiger partial charge in [0.05, 0.1) is 6.04 Å². The SMILES string of the molecule is CC(C)(C)NC(CC1CC2CC(C2)C1)C(=O)C(C)(C)C. The standard InChI is InChI=1S/C18H33NO/c1-17(2,3)16(20)15(19-18(4,5)6)11-14-9-12-7-13(8-12)10-14/h12-15,19H,7-11H2,1-6H3. The molecule has 0 aliphatic heterocycles. The third kappa shape index (κ3) is 4.07. The van der Waals surface area contributed by atoms with Crippen LogP contribution in [0.4, 0.5) is 0 Å². The van der Waals surface area contributed by atoms with Crippen LogP contribution >= 0.6 is 0 Å². The number of hydrogen-bond donors (Lipinski definition) is 1. The molecule has 3 rings (SSSR count). The van der Waals surface area contributed by atoms with Crippen LogP contribution in [-0.4, -0.2) is 17.4 Å². The summed E-state index contributed by atoms with van der Waals surface area (Å²) >= 11 is 0. The lowest BCUT2D eigenvalue weighted by Gasteiger charge is -2.46. The van der Waals surface area contributed by atoms with E-state index in [4.69, 9.17) is 0 Å². The van der Waals surface area contributed by atoms with E-state index in [0.717, 1.165) is 24.2 Å². The van der Waals surface area contributed by atoms with Gasteiger partial charge in [-0.05, 0) is 70.6 Å². The fourth-order valence-corrected chi connectivity index (χ4v) is 4.10. The third-order valence-corrected chi connectivity index (χ3v) is 4.90. The lowest BCUT2D eigenvalue weighted by atomic mass is 9.60. The summed E-state index contributed by atoms with van der Waals surface area (Å²) < 4.78 is 0. The Bertz CT molecular complexity index is 345. The number of rotatable bonds is 4. The van der Waals surface area contributed by atoms with Crippen LogP contribution in [0.1, 0.15) is 73.6 Å². The van der Waals surface area contributed by atoms with E-state index in [9.17, 15) is 4.79 Å². The monoisotopic (exact) mass is 279 g/mol. The predicted molar refractivity (Wildman–Crippen MR) is 84.7 cm³/mol. The Balaban J connectivity index is 2.00. The third-order valence-electron chi connectivity index (χ3n) is 4.90. The second kappa shape index (κ2) is 5.44. The van der Waals surface area contributed by atoms with Gasteiger partial charge in [0.15, 0.2) is 5.78 Å². The molecule has 20 heavy (non-hydrogen) atoms. The van der Waals surface area contributed by atoms with Gasteiger partial charge >= 0.3 is 0 Å². The van der Waals surface area contributed by atoms with Gasteiger partial charge in [-0.3, -0.25) is 4.79 Å². The largest absolute Gasteiger partial charge is 0.303 e. The van der Waals surface area contributed by atoms with Gasteiger partial charge in [0.1, 0.15) is 0 Å². The van der Waals surface area contributed by atoms with E-state index in [1.807, 2.05) is 20.8 Å². The molecule has 1 unspecified atom stereocenters. The van der Waals surface area contributed by atoms with Crippen molar-refractivity contribution in [2.24, 2.45) is 23.2 Å². The lowest BCUT2D eigenvalue weighted by Crippen LogP contribution is -2.52. The smallest absolute Gasteiger partial charge is 0.155 e. The quantitative estimate of drug-likeness (QED) is 0.836. The number of fused-ring (bicyclic) bond motifs is 2. The van der Waals surface area contributed by atoms with Crippen LogP contribution in [-0.2, 0) is 4.79 Å². The number of hydrogen-bond acceptors (Lipinski definition) is 2. The molecular weight excluding hydrogens is 246 g/mol. The van der Waals surface area contributed by atoms with Gasteiger partial charge in [-0.25, -0.2) is 0 Å². The molecule has 0 aromatic heterocycles. The number of ketones is 1. The molecule has 3 aliphatic rings. The summed E-state index contributed by atoms with van der Waals surface area (Å²) in [4.78, 5) is 12.7. The van der Waals surface area contributed by atoms with Crippen molar-refractivity contribution in [2.45, 2.75) is 85.2 Å². The maximum Gasteiger partial charge on any atom is 0.155 e. The minimum atomic E-state index is -0.250. The highest BCUT2D eigenvalue weighted by atomic mass is 16.1. The average molecular weight is 279 g/mol. The molecule has 0 saturated heterocycles. The Labute approximate surface area is 125 Å². The van der Waals surface area contributed by atoms with E-state index >= 15 is 0 Å². The van der Waals surface area contributed by atoms with Crippen molar-refractivity contribution in [1.29, 1.82) is 0 Å². The highest BCUT2D eigenvalue weighted by Gasteiger charge is 2.41. The van der Waals surface area contributed by atoms with Crippen molar-refractivity contribution in [3.8, 4) is 0 Å². The highest BCUT2D eigenvalue weighted by molar-refractivity contribution is 5.88. The van der Waals surface area contributed by atoms with Gasteiger partial charge in [0, 0.05) is 11.0 Å². The molecular formula is C18H33NO. The first-order valence-electron chi connectivity index (χ1n) is 8.36. The molecule has 2 nitrogen and oxygen atoms in total. The van der Waals surface area contributed by atoms with Gasteiger partial charge in [0.25, 0.3) is 0 Å². The molecule has 0 spiro atoms. The van der Waals surface area contributed by atoms with E-state index in [1.165, 1.54) is 25.7 Å². The molecule has 1 N–H and O–H groups in total. The van der Waals surface area contributed by atoms with Crippen LogP contribution in [0.2, 0.25) is 0 Å². The fraction of sp³-hybridized carbons (Fsp3) is 0.944. The Morgan fingerprint density at radius 1 is 1.00 bits per heavy atom. The second-order valence-corrected chi connectivity index (χ2v) is 9.34. The highest BCUT2D eigenvalue weighted by Crippen LogP contribution is 2.49. The molecule has 2 heteroatoms. The molecule has 0 heterocycles. The maximum absolute atomic E-state index is 12.7. The number of carbonyl (C=O) groups is 1. The normalized spacial score (nSPS) is 31.6. The van der Waals surface area contributed by atoms with Crippen LogP contribution in [0.3, 0.4) is 0 Å². The average Bonchev–Trinajstić information content (AvgIpc) is 2.23. The van der Waals surface area contributed by atoms with E-state index in [1.54, 1.807) is 0 Å². The van der Waals surface area contributed by atoms with Crippen LogP contribution < -0.4 is 5.32 Å². The molecule has 0 amide bonds. The summed E-state index contributed by atoms with van der Waals surface area (Å²) in [6.07, 6.45) is 6.68. The molecule has 3 saturated carbocycles. The molecule has 1 atom stereocenters. The zero-order valence-corrected chi connectivity index (χ0v) is 14.3. The number of nitrogens with one attached hydrogen (secondary N) is 1. The minimum absolute atomic E-state index is 0.00314. The van der Waals surface area contributed by atoms with Gasteiger partial charge in [-0.1, -0.05) is 20.8 Å². The first kappa shape index (κ1) is 16.0. The van der Waals surface area contributed by atoms with Gasteiger partial charge in [0.2, 0.25) is 0 Å². The first-order chi connectivity index (χ1) is 9.04. The van der Waals surface area contributed by atoms with Gasteiger partial charge < -0.3 is 5.32 Å². The zero-order valence-electron chi connectivity index (χ0n) is 14.3. The van der Waals surface area contributed by atoms with Crippen molar-refractivity contribution in [1.82, 2.24) is 5.32 Å². The van der Waals surface area contributed by atoms with Crippen molar-refractivity contribution in [2.75, 3.05) is 0 Å². The summed E-state index contributed by atoms with van der Waals surface area (Å²) in [5.74, 6) is 3.09. The molecule has 3 aliphatic carbocycles. The van der Waals surface area contributed by atoms with E-state index in [0.29, 0.717) is 5.78 Å². The van der Waals surface area contributed by atoms with Crippen LogP contribution in [0.15, 0.2) is 0 Å². The Morgan fingerprint density at radius 3 is 1.90 bits per heavy atom. The van der Waals surface area contributed by atoms with E-state index < -0.39 is 0 Å². The molecule has 0 aromatic rings. The van der Waals surface area contributed by atoms with Gasteiger partial charge in [-0.15, -0.1) is 0 Å². The molecule has 2 bridgehead atoms. The molecule has 0 radical (unpaired) electrons. The fourth-order valence-electron chi connectivity index (χ4n) is 4.10. The summed E-state index contributed by atoms with van der Waals surface area (Å²) in [6.45, 7) is 12.6. The summed E-state index contributed by atoms with van der Waals surface area (Å²) in [5.41, 5.74) is -0.246. The number of carbonyl (C=O) groups excluding carboxylic acids is 1. The van der Waals surface area contributed by atoms with Gasteiger partial charge in [-0.2, -0.15) is 0 Å². The van der Waals surface area contributed by atoms with Crippen LogP contribution in [0, 0.1) is 23.2 Å². The molecule has 116 valence electrons. The maximum atomic E-state index is 12.7. The molecule has 0 aromatic carbocycles. The zero-order chi connectivity index (χ0) is 15.1. The second-order valence-electron chi connectivity index (χ2n) is 9.34. The van der Waals surface area contributed by atoms with E-state index in [-0.39, 0.29) is 17.0 Å². The number of Topliss-reactive ketones (excluding diaryl/α,β-unsaturated/α-hetero) is 1.